The monoisotopic (exact) mass is 332 g/mol. The third-order valence-corrected chi connectivity index (χ3v) is 5.55. The van der Waals surface area contributed by atoms with E-state index in [-0.39, 0.29) is 12.2 Å². The van der Waals surface area contributed by atoms with Gasteiger partial charge in [-0.1, -0.05) is 0 Å². The predicted octanol–water partition coefficient (Wildman–Crippen LogP) is 2.93. The molecule has 1 aliphatic heterocycles. The Balaban J connectivity index is 2.17. The molecule has 18 heavy (non-hydrogen) atoms. The van der Waals surface area contributed by atoms with Gasteiger partial charge in [0.25, 0.3) is 0 Å². The molecule has 1 fully saturated rings. The first-order valence-electron chi connectivity index (χ1n) is 6.36. The van der Waals surface area contributed by atoms with E-state index in [2.05, 4.69) is 47.7 Å². The zero-order valence-electron chi connectivity index (χ0n) is 11.1. The molecule has 0 bridgehead atoms. The molecule has 2 heterocycles. The van der Waals surface area contributed by atoms with Gasteiger partial charge in [0.15, 0.2) is 0 Å². The van der Waals surface area contributed by atoms with Gasteiger partial charge in [-0.3, -0.25) is 4.90 Å². The van der Waals surface area contributed by atoms with Crippen LogP contribution in [0.2, 0.25) is 0 Å². The smallest absolute Gasteiger partial charge is 0.0678 e. The second-order valence-electron chi connectivity index (χ2n) is 5.02. The van der Waals surface area contributed by atoms with Crippen molar-refractivity contribution in [1.29, 1.82) is 0 Å². The van der Waals surface area contributed by atoms with Crippen LogP contribution < -0.4 is 5.73 Å². The zero-order valence-corrected chi connectivity index (χ0v) is 13.6. The lowest BCUT2D eigenvalue weighted by atomic mass is 10.1. The average Bonchev–Trinajstić information content (AvgIpc) is 2.58. The molecule has 0 aromatic carbocycles. The van der Waals surface area contributed by atoms with E-state index in [1.165, 1.54) is 14.2 Å². The summed E-state index contributed by atoms with van der Waals surface area (Å²) in [5.41, 5.74) is 5.99. The van der Waals surface area contributed by atoms with Crippen molar-refractivity contribution in [2.24, 2.45) is 5.73 Å². The van der Waals surface area contributed by atoms with Gasteiger partial charge < -0.3 is 10.5 Å². The highest BCUT2D eigenvalue weighted by Crippen LogP contribution is 2.34. The highest BCUT2D eigenvalue weighted by atomic mass is 79.9. The maximum atomic E-state index is 5.99. The first-order valence-corrected chi connectivity index (χ1v) is 7.97. The van der Waals surface area contributed by atoms with Crippen LogP contribution >= 0.6 is 27.3 Å². The maximum Gasteiger partial charge on any atom is 0.0678 e. The molecule has 0 amide bonds. The summed E-state index contributed by atoms with van der Waals surface area (Å²) in [5, 5.41) is 0. The van der Waals surface area contributed by atoms with E-state index < -0.39 is 0 Å². The molecule has 1 aliphatic rings. The first-order chi connectivity index (χ1) is 8.51. The largest absolute Gasteiger partial charge is 0.373 e. The van der Waals surface area contributed by atoms with Gasteiger partial charge in [-0.25, -0.2) is 0 Å². The average molecular weight is 333 g/mol. The number of halogens is 1. The van der Waals surface area contributed by atoms with Crippen molar-refractivity contribution in [3.63, 3.8) is 0 Å². The highest BCUT2D eigenvalue weighted by molar-refractivity contribution is 9.10. The van der Waals surface area contributed by atoms with Crippen molar-refractivity contribution in [1.82, 2.24) is 4.90 Å². The minimum atomic E-state index is 0.285. The van der Waals surface area contributed by atoms with Crippen LogP contribution in [0.15, 0.2) is 10.5 Å². The van der Waals surface area contributed by atoms with Crippen molar-refractivity contribution in [2.45, 2.75) is 39.0 Å². The normalized spacial score (nSPS) is 27.4. The molecule has 1 aromatic rings. The molecule has 3 unspecified atom stereocenters. The van der Waals surface area contributed by atoms with Gasteiger partial charge in [0.1, 0.15) is 0 Å². The molecule has 3 atom stereocenters. The second kappa shape index (κ2) is 6.01. The molecule has 2 rings (SSSR count). The fourth-order valence-electron chi connectivity index (χ4n) is 2.56. The minimum absolute atomic E-state index is 0.285. The van der Waals surface area contributed by atoms with E-state index in [0.29, 0.717) is 12.6 Å². The fraction of sp³-hybridized carbons (Fsp3) is 0.692. The Morgan fingerprint density at radius 3 is 2.56 bits per heavy atom. The summed E-state index contributed by atoms with van der Waals surface area (Å²) in [6.45, 7) is 8.97. The number of nitrogens with two attached hydrogens (primary N) is 1. The van der Waals surface area contributed by atoms with E-state index in [4.69, 9.17) is 10.5 Å². The molecule has 5 heteroatoms. The molecule has 3 nitrogen and oxygen atoms in total. The Morgan fingerprint density at radius 1 is 1.50 bits per heavy atom. The summed E-state index contributed by atoms with van der Waals surface area (Å²) < 4.78 is 6.98. The summed E-state index contributed by atoms with van der Waals surface area (Å²) in [4.78, 5) is 5.12. The lowest BCUT2D eigenvalue weighted by Gasteiger charge is -2.39. The summed E-state index contributed by atoms with van der Waals surface area (Å²) in [6, 6.07) is 2.52. The number of nitrogens with zero attached hydrogens (tertiary/aromatic N) is 1. The first kappa shape index (κ1) is 14.5. The van der Waals surface area contributed by atoms with Gasteiger partial charge in [-0.2, -0.15) is 0 Å². The SMILES string of the molecule is Cc1sc(C(CN)N2CC(C)OC(C)C2)cc1Br. The van der Waals surface area contributed by atoms with Crippen LogP contribution in [0.1, 0.15) is 29.6 Å². The third-order valence-electron chi connectivity index (χ3n) is 3.32. The predicted molar refractivity (Wildman–Crippen MR) is 80.1 cm³/mol. The fourth-order valence-corrected chi connectivity index (χ4v) is 4.27. The molecule has 2 N–H and O–H groups in total. The highest BCUT2D eigenvalue weighted by Gasteiger charge is 2.29. The standard InChI is InChI=1S/C13H21BrN2OS/c1-8-6-16(7-9(2)17-8)12(5-15)13-4-11(14)10(3)18-13/h4,8-9,12H,5-7,15H2,1-3H3. The van der Waals surface area contributed by atoms with Crippen LogP contribution in [0.3, 0.4) is 0 Å². The van der Waals surface area contributed by atoms with Crippen molar-refractivity contribution in [3.05, 3.63) is 20.3 Å². The van der Waals surface area contributed by atoms with Crippen LogP contribution in [0, 0.1) is 6.92 Å². The van der Waals surface area contributed by atoms with Crippen molar-refractivity contribution >= 4 is 27.3 Å². The lowest BCUT2D eigenvalue weighted by molar-refractivity contribution is -0.0795. The number of ether oxygens (including phenoxy) is 1. The van der Waals surface area contributed by atoms with Crippen LogP contribution in [-0.2, 0) is 4.74 Å². The van der Waals surface area contributed by atoms with Gasteiger partial charge >= 0.3 is 0 Å². The zero-order chi connectivity index (χ0) is 13.3. The van der Waals surface area contributed by atoms with Gasteiger partial charge in [0.2, 0.25) is 0 Å². The van der Waals surface area contributed by atoms with E-state index in [9.17, 15) is 0 Å². The van der Waals surface area contributed by atoms with Gasteiger partial charge in [-0.15, -0.1) is 11.3 Å². The summed E-state index contributed by atoms with van der Waals surface area (Å²) >= 11 is 5.42. The number of morpholine rings is 1. The summed E-state index contributed by atoms with van der Waals surface area (Å²) in [5.74, 6) is 0. The van der Waals surface area contributed by atoms with Crippen LogP contribution in [0.4, 0.5) is 0 Å². The van der Waals surface area contributed by atoms with Crippen LogP contribution in [0.25, 0.3) is 0 Å². The molecule has 1 aromatic heterocycles. The topological polar surface area (TPSA) is 38.5 Å². The van der Waals surface area contributed by atoms with Crippen LogP contribution in [0.5, 0.6) is 0 Å². The van der Waals surface area contributed by atoms with Crippen molar-refractivity contribution in [3.8, 4) is 0 Å². The number of thiophene rings is 1. The number of hydrogen-bond acceptors (Lipinski definition) is 4. The molecular weight excluding hydrogens is 312 g/mol. The number of rotatable bonds is 3. The molecule has 102 valence electrons. The Hall–Kier alpha value is 0.0600. The Kier molecular flexibility index (Phi) is 4.83. The van der Waals surface area contributed by atoms with E-state index in [1.807, 2.05) is 11.3 Å². The van der Waals surface area contributed by atoms with Gasteiger partial charge in [0, 0.05) is 33.9 Å². The van der Waals surface area contributed by atoms with Crippen molar-refractivity contribution < 1.29 is 4.74 Å². The van der Waals surface area contributed by atoms with E-state index >= 15 is 0 Å². The molecule has 0 radical (unpaired) electrons. The molecule has 1 saturated heterocycles. The summed E-state index contributed by atoms with van der Waals surface area (Å²) in [6.07, 6.45) is 0.569. The van der Waals surface area contributed by atoms with Crippen molar-refractivity contribution in [2.75, 3.05) is 19.6 Å². The Morgan fingerprint density at radius 2 is 2.11 bits per heavy atom. The number of aryl methyl sites for hydroxylation is 1. The molecular formula is C13H21BrN2OS. The number of hydrogen-bond donors (Lipinski definition) is 1. The van der Waals surface area contributed by atoms with E-state index in [0.717, 1.165) is 13.1 Å². The third kappa shape index (κ3) is 3.14. The lowest BCUT2D eigenvalue weighted by Crippen LogP contribution is -2.48. The van der Waals surface area contributed by atoms with Gasteiger partial charge in [-0.05, 0) is 42.8 Å². The maximum absolute atomic E-state index is 5.99. The minimum Gasteiger partial charge on any atom is -0.373 e. The molecule has 0 aliphatic carbocycles. The molecule has 0 spiro atoms. The second-order valence-corrected chi connectivity index (χ2v) is 7.16. The van der Waals surface area contributed by atoms with Crippen LogP contribution in [-0.4, -0.2) is 36.7 Å². The Labute approximate surface area is 121 Å². The summed E-state index contributed by atoms with van der Waals surface area (Å²) in [7, 11) is 0. The van der Waals surface area contributed by atoms with Gasteiger partial charge in [0.05, 0.1) is 18.2 Å². The molecule has 0 saturated carbocycles. The Bertz CT molecular complexity index is 380. The quantitative estimate of drug-likeness (QED) is 0.924. The van der Waals surface area contributed by atoms with E-state index in [1.54, 1.807) is 0 Å².